The number of alkyl carbamates (subject to hydrolysis) is 1. The van der Waals surface area contributed by atoms with E-state index in [0.29, 0.717) is 13.0 Å². The first-order valence-electron chi connectivity index (χ1n) is 8.23. The number of aryl methyl sites for hydroxylation is 1. The summed E-state index contributed by atoms with van der Waals surface area (Å²) in [6.07, 6.45) is 1.20. The molecule has 4 N–H and O–H groups in total. The van der Waals surface area contributed by atoms with Crippen LogP contribution in [0.3, 0.4) is 0 Å². The zero-order valence-corrected chi connectivity index (χ0v) is 14.6. The Morgan fingerprint density at radius 2 is 1.91 bits per heavy atom. The van der Waals surface area contributed by atoms with Gasteiger partial charge in [0.25, 0.3) is 0 Å². The summed E-state index contributed by atoms with van der Waals surface area (Å²) in [5, 5.41) is 13.3. The number of nitrogens with two attached hydrogens (primary N) is 1. The van der Waals surface area contributed by atoms with E-state index >= 15 is 0 Å². The van der Waals surface area contributed by atoms with E-state index in [0.717, 1.165) is 18.4 Å². The molecule has 0 aliphatic heterocycles. The minimum Gasteiger partial charge on any atom is -0.444 e. The standard InChI is InChI=1S/C18H30N2O3/c1-5-6-13-7-9-14(10-8-13)16(21)15(11-12-19)20-17(22)23-18(2,3)4/h7-10,15-16,21H,5-6,11-12,19H2,1-4H3,(H,20,22). The molecule has 0 aromatic heterocycles. The first kappa shape index (κ1) is 19.5. The van der Waals surface area contributed by atoms with Crippen LogP contribution in [-0.4, -0.2) is 29.4 Å². The number of aliphatic hydroxyl groups is 1. The van der Waals surface area contributed by atoms with E-state index < -0.39 is 23.8 Å². The molecule has 5 nitrogen and oxygen atoms in total. The summed E-state index contributed by atoms with van der Waals surface area (Å²) in [5.74, 6) is 0. The fourth-order valence-corrected chi connectivity index (χ4v) is 2.35. The van der Waals surface area contributed by atoms with Crippen molar-refractivity contribution in [3.05, 3.63) is 35.4 Å². The van der Waals surface area contributed by atoms with E-state index in [4.69, 9.17) is 10.5 Å². The summed E-state index contributed by atoms with van der Waals surface area (Å²) in [4.78, 5) is 11.9. The second-order valence-electron chi connectivity index (χ2n) is 6.77. The number of rotatable bonds is 7. The molecule has 1 amide bonds. The summed E-state index contributed by atoms with van der Waals surface area (Å²) in [5.41, 5.74) is 7.03. The van der Waals surface area contributed by atoms with Crippen molar-refractivity contribution < 1.29 is 14.6 Å². The molecule has 23 heavy (non-hydrogen) atoms. The molecule has 5 heteroatoms. The second-order valence-corrected chi connectivity index (χ2v) is 6.77. The monoisotopic (exact) mass is 322 g/mol. The first-order valence-corrected chi connectivity index (χ1v) is 8.23. The smallest absolute Gasteiger partial charge is 0.407 e. The molecule has 0 saturated heterocycles. The van der Waals surface area contributed by atoms with Crippen molar-refractivity contribution in [3.63, 3.8) is 0 Å². The largest absolute Gasteiger partial charge is 0.444 e. The van der Waals surface area contributed by atoms with Crippen LogP contribution in [-0.2, 0) is 11.2 Å². The lowest BCUT2D eigenvalue weighted by Gasteiger charge is -2.26. The Morgan fingerprint density at radius 1 is 1.30 bits per heavy atom. The van der Waals surface area contributed by atoms with Gasteiger partial charge >= 0.3 is 6.09 Å². The zero-order chi connectivity index (χ0) is 17.5. The lowest BCUT2D eigenvalue weighted by molar-refractivity contribution is 0.0415. The molecule has 1 aromatic carbocycles. The number of carbonyl (C=O) groups is 1. The molecule has 0 radical (unpaired) electrons. The van der Waals surface area contributed by atoms with Crippen molar-refractivity contribution >= 4 is 6.09 Å². The Kier molecular flexibility index (Phi) is 7.52. The molecule has 0 bridgehead atoms. The van der Waals surface area contributed by atoms with E-state index in [2.05, 4.69) is 12.2 Å². The van der Waals surface area contributed by atoms with Gasteiger partial charge in [-0.1, -0.05) is 37.6 Å². The van der Waals surface area contributed by atoms with Gasteiger partial charge in [0.1, 0.15) is 5.60 Å². The third-order valence-corrected chi connectivity index (χ3v) is 3.42. The second kappa shape index (κ2) is 8.89. The highest BCUT2D eigenvalue weighted by Gasteiger charge is 2.25. The van der Waals surface area contributed by atoms with Crippen molar-refractivity contribution in [1.82, 2.24) is 5.32 Å². The lowest BCUT2D eigenvalue weighted by atomic mass is 9.98. The van der Waals surface area contributed by atoms with Crippen LogP contribution in [0.4, 0.5) is 4.79 Å². The Bertz CT molecular complexity index is 480. The molecule has 0 aliphatic rings. The van der Waals surface area contributed by atoms with Gasteiger partial charge in [-0.25, -0.2) is 4.79 Å². The van der Waals surface area contributed by atoms with Crippen LogP contribution in [0.25, 0.3) is 0 Å². The Morgan fingerprint density at radius 3 is 2.39 bits per heavy atom. The molecule has 1 rings (SSSR count). The van der Waals surface area contributed by atoms with Crippen LogP contribution in [0.15, 0.2) is 24.3 Å². The quantitative estimate of drug-likeness (QED) is 0.720. The first-order chi connectivity index (χ1) is 10.8. The highest BCUT2D eigenvalue weighted by Crippen LogP contribution is 2.20. The number of hydrogen-bond acceptors (Lipinski definition) is 4. The molecule has 1 aromatic rings. The fourth-order valence-electron chi connectivity index (χ4n) is 2.35. The van der Waals surface area contributed by atoms with Gasteiger partial charge in [-0.3, -0.25) is 0 Å². The van der Waals surface area contributed by atoms with E-state index in [1.54, 1.807) is 20.8 Å². The number of nitrogens with one attached hydrogen (secondary N) is 1. The fraction of sp³-hybridized carbons (Fsp3) is 0.611. The minimum absolute atomic E-state index is 0.367. The van der Waals surface area contributed by atoms with Crippen molar-refractivity contribution in [2.24, 2.45) is 5.73 Å². The predicted molar refractivity (Wildman–Crippen MR) is 92.2 cm³/mol. The molecule has 2 atom stereocenters. The third-order valence-electron chi connectivity index (χ3n) is 3.42. The Labute approximate surface area is 139 Å². The summed E-state index contributed by atoms with van der Waals surface area (Å²) >= 11 is 0. The molecule has 130 valence electrons. The Balaban J connectivity index is 2.76. The van der Waals surface area contributed by atoms with Crippen LogP contribution in [0.5, 0.6) is 0 Å². The molecular weight excluding hydrogens is 292 g/mol. The third kappa shape index (κ3) is 7.01. The number of aliphatic hydroxyl groups excluding tert-OH is 1. The van der Waals surface area contributed by atoms with Crippen molar-refractivity contribution in [1.29, 1.82) is 0 Å². The van der Waals surface area contributed by atoms with E-state index in [-0.39, 0.29) is 0 Å². The average molecular weight is 322 g/mol. The van der Waals surface area contributed by atoms with Gasteiger partial charge in [0, 0.05) is 0 Å². The minimum atomic E-state index is -0.818. The summed E-state index contributed by atoms with van der Waals surface area (Å²) in [6.45, 7) is 7.89. The molecular formula is C18H30N2O3. The maximum atomic E-state index is 11.9. The van der Waals surface area contributed by atoms with Crippen molar-refractivity contribution in [2.45, 2.75) is 64.7 Å². The number of carbonyl (C=O) groups excluding carboxylic acids is 1. The van der Waals surface area contributed by atoms with Crippen LogP contribution >= 0.6 is 0 Å². The van der Waals surface area contributed by atoms with Gasteiger partial charge in [0.05, 0.1) is 12.1 Å². The van der Waals surface area contributed by atoms with Gasteiger partial charge < -0.3 is 20.9 Å². The summed E-state index contributed by atoms with van der Waals surface area (Å²) in [6, 6.07) is 7.34. The highest BCUT2D eigenvalue weighted by molar-refractivity contribution is 5.68. The Hall–Kier alpha value is -1.59. The lowest BCUT2D eigenvalue weighted by Crippen LogP contribution is -2.43. The molecule has 2 unspecified atom stereocenters. The highest BCUT2D eigenvalue weighted by atomic mass is 16.6. The maximum absolute atomic E-state index is 11.9. The maximum Gasteiger partial charge on any atom is 0.407 e. The van der Waals surface area contributed by atoms with Gasteiger partial charge in [-0.05, 0) is 51.3 Å². The zero-order valence-electron chi connectivity index (χ0n) is 14.6. The molecule has 0 saturated carbocycles. The van der Waals surface area contributed by atoms with E-state index in [9.17, 15) is 9.90 Å². The molecule has 0 heterocycles. The SMILES string of the molecule is CCCc1ccc(C(O)C(CCN)NC(=O)OC(C)(C)C)cc1. The number of ether oxygens (including phenoxy) is 1. The molecule has 0 aliphatic carbocycles. The van der Waals surface area contributed by atoms with E-state index in [1.165, 1.54) is 5.56 Å². The number of amides is 1. The van der Waals surface area contributed by atoms with Crippen LogP contribution in [0.2, 0.25) is 0 Å². The van der Waals surface area contributed by atoms with Crippen LogP contribution in [0.1, 0.15) is 57.8 Å². The van der Waals surface area contributed by atoms with Crippen molar-refractivity contribution in [3.8, 4) is 0 Å². The van der Waals surface area contributed by atoms with Gasteiger partial charge in [0.15, 0.2) is 0 Å². The van der Waals surface area contributed by atoms with Crippen LogP contribution < -0.4 is 11.1 Å². The average Bonchev–Trinajstić information content (AvgIpc) is 2.45. The van der Waals surface area contributed by atoms with E-state index in [1.807, 2.05) is 24.3 Å². The summed E-state index contributed by atoms with van der Waals surface area (Å²) < 4.78 is 5.25. The number of benzene rings is 1. The van der Waals surface area contributed by atoms with Gasteiger partial charge in [-0.2, -0.15) is 0 Å². The summed E-state index contributed by atoms with van der Waals surface area (Å²) in [7, 11) is 0. The van der Waals surface area contributed by atoms with Crippen molar-refractivity contribution in [2.75, 3.05) is 6.54 Å². The molecule has 0 spiro atoms. The molecule has 0 fully saturated rings. The number of hydrogen-bond donors (Lipinski definition) is 3. The normalized spacial score (nSPS) is 14.2. The van der Waals surface area contributed by atoms with Gasteiger partial charge in [0.2, 0.25) is 0 Å². The van der Waals surface area contributed by atoms with Gasteiger partial charge in [-0.15, -0.1) is 0 Å². The van der Waals surface area contributed by atoms with Crippen LogP contribution in [0, 0.1) is 0 Å². The topological polar surface area (TPSA) is 84.6 Å². The predicted octanol–water partition coefficient (Wildman–Crippen LogP) is 2.91.